The summed E-state index contributed by atoms with van der Waals surface area (Å²) in [5.74, 6) is 0. The zero-order chi connectivity index (χ0) is 16.1. The Labute approximate surface area is 122 Å². The van der Waals surface area contributed by atoms with Crippen LogP contribution in [0.5, 0.6) is 0 Å². The number of aryl methyl sites for hydroxylation is 1. The summed E-state index contributed by atoms with van der Waals surface area (Å²) in [7, 11) is -4.19. The lowest BCUT2D eigenvalue weighted by molar-refractivity contribution is -0.136. The number of nitrogens with two attached hydrogens (primary N) is 1. The van der Waals surface area contributed by atoms with Crippen LogP contribution in [-0.2, 0) is 16.4 Å². The molecule has 0 spiro atoms. The van der Waals surface area contributed by atoms with Crippen LogP contribution >= 0.6 is 0 Å². The standard InChI is InChI=1S/C13H19F3N2O2S/c1-2-3-11-4-6-12(7-5-11)21(19,20)18(9-8-17)10-13(14,15)16/h4-7H,2-3,8-10,17H2,1H3. The van der Waals surface area contributed by atoms with E-state index in [0.717, 1.165) is 18.4 Å². The van der Waals surface area contributed by atoms with Crippen LogP contribution in [-0.4, -0.2) is 38.5 Å². The number of hydrogen-bond acceptors (Lipinski definition) is 3. The SMILES string of the molecule is CCCc1ccc(S(=O)(=O)N(CCN)CC(F)(F)F)cc1. The highest BCUT2D eigenvalue weighted by molar-refractivity contribution is 7.89. The minimum Gasteiger partial charge on any atom is -0.329 e. The monoisotopic (exact) mass is 324 g/mol. The molecule has 0 aliphatic heterocycles. The lowest BCUT2D eigenvalue weighted by Gasteiger charge is -2.22. The molecule has 0 fully saturated rings. The lowest BCUT2D eigenvalue weighted by Crippen LogP contribution is -2.41. The Balaban J connectivity index is 3.04. The summed E-state index contributed by atoms with van der Waals surface area (Å²) in [6, 6.07) is 5.90. The van der Waals surface area contributed by atoms with E-state index in [1.165, 1.54) is 12.1 Å². The van der Waals surface area contributed by atoms with Gasteiger partial charge in [0.2, 0.25) is 10.0 Å². The minimum absolute atomic E-state index is 0.153. The summed E-state index contributed by atoms with van der Waals surface area (Å²) in [4.78, 5) is -0.153. The molecular formula is C13H19F3N2O2S. The topological polar surface area (TPSA) is 63.4 Å². The van der Waals surface area contributed by atoms with Gasteiger partial charge in [0.15, 0.2) is 0 Å². The molecule has 8 heteroatoms. The van der Waals surface area contributed by atoms with E-state index < -0.39 is 22.7 Å². The van der Waals surface area contributed by atoms with Crippen molar-refractivity contribution in [2.24, 2.45) is 5.73 Å². The highest BCUT2D eigenvalue weighted by Gasteiger charge is 2.36. The molecule has 1 rings (SSSR count). The first-order valence-corrected chi connectivity index (χ1v) is 8.00. The quantitative estimate of drug-likeness (QED) is 0.836. The fraction of sp³-hybridized carbons (Fsp3) is 0.538. The molecule has 0 aliphatic carbocycles. The van der Waals surface area contributed by atoms with Gasteiger partial charge in [-0.1, -0.05) is 25.5 Å². The van der Waals surface area contributed by atoms with Crippen LogP contribution in [0, 0.1) is 0 Å². The zero-order valence-electron chi connectivity index (χ0n) is 11.7. The molecule has 2 N–H and O–H groups in total. The third kappa shape index (κ3) is 5.29. The van der Waals surface area contributed by atoms with Crippen LogP contribution in [0.15, 0.2) is 29.2 Å². The number of sulfonamides is 1. The van der Waals surface area contributed by atoms with E-state index in [-0.39, 0.29) is 18.0 Å². The molecule has 1 aromatic carbocycles. The molecule has 0 saturated heterocycles. The first-order valence-electron chi connectivity index (χ1n) is 6.56. The van der Waals surface area contributed by atoms with E-state index >= 15 is 0 Å². The first kappa shape index (κ1) is 17.9. The smallest absolute Gasteiger partial charge is 0.329 e. The third-order valence-corrected chi connectivity index (χ3v) is 4.69. The Morgan fingerprint density at radius 3 is 2.19 bits per heavy atom. The van der Waals surface area contributed by atoms with Crippen molar-refractivity contribution < 1.29 is 21.6 Å². The zero-order valence-corrected chi connectivity index (χ0v) is 12.5. The largest absolute Gasteiger partial charge is 0.402 e. The van der Waals surface area contributed by atoms with Crippen LogP contribution in [0.2, 0.25) is 0 Å². The van der Waals surface area contributed by atoms with E-state index in [2.05, 4.69) is 0 Å². The molecule has 1 aromatic rings. The summed E-state index contributed by atoms with van der Waals surface area (Å²) in [6.07, 6.45) is -2.92. The first-order chi connectivity index (χ1) is 9.70. The van der Waals surface area contributed by atoms with E-state index in [4.69, 9.17) is 5.73 Å². The summed E-state index contributed by atoms with van der Waals surface area (Å²) < 4.78 is 62.3. The molecule has 0 amide bonds. The van der Waals surface area contributed by atoms with Crippen LogP contribution < -0.4 is 5.73 Å². The van der Waals surface area contributed by atoms with Crippen molar-refractivity contribution in [3.63, 3.8) is 0 Å². The van der Waals surface area contributed by atoms with Crippen molar-refractivity contribution in [3.8, 4) is 0 Å². The average Bonchev–Trinajstić information content (AvgIpc) is 2.38. The Kier molecular flexibility index (Phi) is 6.18. The van der Waals surface area contributed by atoms with E-state index in [1.54, 1.807) is 12.1 Å². The van der Waals surface area contributed by atoms with Crippen molar-refractivity contribution in [2.45, 2.75) is 30.8 Å². The normalized spacial score (nSPS) is 12.9. The van der Waals surface area contributed by atoms with E-state index in [1.807, 2.05) is 6.92 Å². The van der Waals surface area contributed by atoms with E-state index in [9.17, 15) is 21.6 Å². The number of alkyl halides is 3. The van der Waals surface area contributed by atoms with Gasteiger partial charge in [-0.05, 0) is 24.1 Å². The van der Waals surface area contributed by atoms with Gasteiger partial charge in [0.25, 0.3) is 0 Å². The second-order valence-electron chi connectivity index (χ2n) is 4.64. The molecule has 0 radical (unpaired) electrons. The van der Waals surface area contributed by atoms with Gasteiger partial charge in [-0.15, -0.1) is 0 Å². The van der Waals surface area contributed by atoms with Crippen molar-refractivity contribution in [3.05, 3.63) is 29.8 Å². The number of benzene rings is 1. The average molecular weight is 324 g/mol. The molecule has 21 heavy (non-hydrogen) atoms. The Bertz CT molecular complexity index is 542. The number of rotatable bonds is 7. The molecule has 4 nitrogen and oxygen atoms in total. The highest BCUT2D eigenvalue weighted by Crippen LogP contribution is 2.22. The van der Waals surface area contributed by atoms with E-state index in [0.29, 0.717) is 4.31 Å². The molecule has 0 bridgehead atoms. The highest BCUT2D eigenvalue weighted by atomic mass is 32.2. The van der Waals surface area contributed by atoms with Crippen molar-refractivity contribution in [1.29, 1.82) is 0 Å². The molecule has 0 aromatic heterocycles. The molecule has 0 unspecified atom stereocenters. The summed E-state index contributed by atoms with van der Waals surface area (Å²) in [5.41, 5.74) is 6.16. The minimum atomic E-state index is -4.61. The molecule has 0 heterocycles. The van der Waals surface area contributed by atoms with Gasteiger partial charge in [0.05, 0.1) is 4.90 Å². The van der Waals surface area contributed by atoms with Crippen LogP contribution in [0.1, 0.15) is 18.9 Å². The van der Waals surface area contributed by atoms with Crippen LogP contribution in [0.3, 0.4) is 0 Å². The van der Waals surface area contributed by atoms with Crippen LogP contribution in [0.25, 0.3) is 0 Å². The molecule has 0 atom stereocenters. The second kappa shape index (κ2) is 7.24. The fourth-order valence-electron chi connectivity index (χ4n) is 1.89. The summed E-state index contributed by atoms with van der Waals surface area (Å²) >= 11 is 0. The molecule has 120 valence electrons. The summed E-state index contributed by atoms with van der Waals surface area (Å²) in [5, 5.41) is 0. The number of nitrogens with zero attached hydrogens (tertiary/aromatic N) is 1. The van der Waals surface area contributed by atoms with Crippen molar-refractivity contribution in [1.82, 2.24) is 4.31 Å². The van der Waals surface area contributed by atoms with Crippen molar-refractivity contribution in [2.75, 3.05) is 19.6 Å². The maximum absolute atomic E-state index is 12.5. The second-order valence-corrected chi connectivity index (χ2v) is 6.57. The third-order valence-electron chi connectivity index (χ3n) is 2.83. The maximum Gasteiger partial charge on any atom is 0.402 e. The van der Waals surface area contributed by atoms with Crippen LogP contribution in [0.4, 0.5) is 13.2 Å². The molecular weight excluding hydrogens is 305 g/mol. The Morgan fingerprint density at radius 1 is 1.19 bits per heavy atom. The van der Waals surface area contributed by atoms with Gasteiger partial charge in [-0.25, -0.2) is 8.42 Å². The number of hydrogen-bond donors (Lipinski definition) is 1. The summed E-state index contributed by atoms with van der Waals surface area (Å²) in [6.45, 7) is -0.109. The van der Waals surface area contributed by atoms with Gasteiger partial charge < -0.3 is 5.73 Å². The van der Waals surface area contributed by atoms with Gasteiger partial charge in [-0.2, -0.15) is 17.5 Å². The molecule has 0 aliphatic rings. The molecule has 0 saturated carbocycles. The van der Waals surface area contributed by atoms with Crippen molar-refractivity contribution >= 4 is 10.0 Å². The van der Waals surface area contributed by atoms with Gasteiger partial charge >= 0.3 is 6.18 Å². The Morgan fingerprint density at radius 2 is 1.76 bits per heavy atom. The fourth-order valence-corrected chi connectivity index (χ4v) is 3.33. The maximum atomic E-state index is 12.5. The van der Waals surface area contributed by atoms with Gasteiger partial charge in [0.1, 0.15) is 6.54 Å². The van der Waals surface area contributed by atoms with Gasteiger partial charge in [-0.3, -0.25) is 0 Å². The predicted octanol–water partition coefficient (Wildman–Crippen LogP) is 2.15. The lowest BCUT2D eigenvalue weighted by atomic mass is 10.1. The number of halogens is 3. The Hall–Kier alpha value is -1.12. The van der Waals surface area contributed by atoms with Gasteiger partial charge in [0, 0.05) is 13.1 Å². The predicted molar refractivity (Wildman–Crippen MR) is 74.3 cm³/mol.